The third-order valence-corrected chi connectivity index (χ3v) is 3.18. The summed E-state index contributed by atoms with van der Waals surface area (Å²) in [6.07, 6.45) is 1.45. The third-order valence-electron chi connectivity index (χ3n) is 2.95. The van der Waals surface area contributed by atoms with Gasteiger partial charge in [-0.25, -0.2) is 4.98 Å². The van der Waals surface area contributed by atoms with Gasteiger partial charge in [-0.15, -0.1) is 0 Å². The van der Waals surface area contributed by atoms with Crippen LogP contribution >= 0.6 is 11.6 Å². The van der Waals surface area contributed by atoms with Gasteiger partial charge in [0, 0.05) is 17.1 Å². The minimum atomic E-state index is -0.195. The molecule has 0 atom stereocenters. The molecule has 0 radical (unpaired) electrons. The first kappa shape index (κ1) is 11.9. The maximum absolute atomic E-state index is 12.3. The zero-order chi connectivity index (χ0) is 13.4. The lowest BCUT2D eigenvalue weighted by molar-refractivity contribution is 0.101. The molecule has 1 aromatic carbocycles. The summed E-state index contributed by atoms with van der Waals surface area (Å²) in [4.78, 5) is 16.2. The molecule has 4 heteroatoms. The highest BCUT2D eigenvalue weighted by molar-refractivity contribution is 6.29. The van der Waals surface area contributed by atoms with E-state index in [1.54, 1.807) is 18.2 Å². The van der Waals surface area contributed by atoms with Crippen molar-refractivity contribution in [3.63, 3.8) is 0 Å². The molecule has 0 unspecified atom stereocenters. The fourth-order valence-corrected chi connectivity index (χ4v) is 2.08. The normalized spacial score (nSPS) is 10.8. The molecule has 2 heterocycles. The smallest absolute Gasteiger partial charge is 0.229 e. The van der Waals surface area contributed by atoms with Crippen LogP contribution in [-0.4, -0.2) is 10.8 Å². The fraction of sp³-hybridized carbons (Fsp3) is 0.0667. The van der Waals surface area contributed by atoms with Crippen molar-refractivity contribution in [2.75, 3.05) is 0 Å². The summed E-state index contributed by atoms with van der Waals surface area (Å²) in [6.45, 7) is 1.95. The first-order valence-corrected chi connectivity index (χ1v) is 6.18. The molecular weight excluding hydrogens is 262 g/mol. The zero-order valence-corrected chi connectivity index (χ0v) is 10.9. The molecule has 2 aromatic heterocycles. The number of nitrogens with zero attached hydrogens (tertiary/aromatic N) is 1. The van der Waals surface area contributed by atoms with E-state index in [4.69, 9.17) is 16.0 Å². The number of para-hydroxylation sites is 1. The van der Waals surface area contributed by atoms with Gasteiger partial charge in [-0.2, -0.15) is 0 Å². The summed E-state index contributed by atoms with van der Waals surface area (Å²) < 4.78 is 5.63. The molecule has 3 aromatic rings. The number of ketones is 1. The SMILES string of the molecule is Cc1cccc2cc(C(=O)c3ccc(Cl)nc3)oc12. The average molecular weight is 272 g/mol. The van der Waals surface area contributed by atoms with Crippen molar-refractivity contribution in [1.82, 2.24) is 4.98 Å². The third kappa shape index (κ3) is 2.13. The topological polar surface area (TPSA) is 43.1 Å². The Balaban J connectivity index is 2.06. The predicted molar refractivity (Wildman–Crippen MR) is 73.6 cm³/mol. The van der Waals surface area contributed by atoms with E-state index in [-0.39, 0.29) is 5.78 Å². The lowest BCUT2D eigenvalue weighted by Crippen LogP contribution is -1.99. The minimum absolute atomic E-state index is 0.195. The molecule has 0 aliphatic heterocycles. The van der Waals surface area contributed by atoms with Gasteiger partial charge >= 0.3 is 0 Å². The van der Waals surface area contributed by atoms with Crippen LogP contribution in [0.1, 0.15) is 21.7 Å². The molecule has 0 spiro atoms. The molecule has 3 rings (SSSR count). The number of benzene rings is 1. The van der Waals surface area contributed by atoms with E-state index in [1.807, 2.05) is 25.1 Å². The Morgan fingerprint density at radius 3 is 2.79 bits per heavy atom. The minimum Gasteiger partial charge on any atom is -0.452 e. The molecule has 0 amide bonds. The first-order valence-electron chi connectivity index (χ1n) is 5.80. The van der Waals surface area contributed by atoms with Crippen LogP contribution in [0, 0.1) is 6.92 Å². The summed E-state index contributed by atoms with van der Waals surface area (Å²) in [6, 6.07) is 10.8. The Labute approximate surface area is 114 Å². The van der Waals surface area contributed by atoms with Crippen molar-refractivity contribution < 1.29 is 9.21 Å². The van der Waals surface area contributed by atoms with E-state index >= 15 is 0 Å². The summed E-state index contributed by atoms with van der Waals surface area (Å²) in [5.41, 5.74) is 2.21. The van der Waals surface area contributed by atoms with Gasteiger partial charge in [0.1, 0.15) is 10.7 Å². The number of aromatic nitrogens is 1. The molecule has 0 saturated carbocycles. The highest BCUT2D eigenvalue weighted by Gasteiger charge is 2.15. The van der Waals surface area contributed by atoms with E-state index in [0.29, 0.717) is 16.5 Å². The van der Waals surface area contributed by atoms with Crippen molar-refractivity contribution >= 4 is 28.4 Å². The Morgan fingerprint density at radius 1 is 1.26 bits per heavy atom. The number of rotatable bonds is 2. The summed E-state index contributed by atoms with van der Waals surface area (Å²) in [5, 5.41) is 1.28. The largest absolute Gasteiger partial charge is 0.452 e. The average Bonchev–Trinajstić information content (AvgIpc) is 2.84. The number of fused-ring (bicyclic) bond motifs is 1. The fourth-order valence-electron chi connectivity index (χ4n) is 1.97. The summed E-state index contributed by atoms with van der Waals surface area (Å²) in [7, 11) is 0. The molecule has 0 fully saturated rings. The van der Waals surface area contributed by atoms with Gasteiger partial charge in [0.25, 0.3) is 0 Å². The molecule has 0 N–H and O–H groups in total. The Morgan fingerprint density at radius 2 is 2.11 bits per heavy atom. The Bertz CT molecular complexity index is 759. The second kappa shape index (κ2) is 4.52. The number of pyridine rings is 1. The highest BCUT2D eigenvalue weighted by atomic mass is 35.5. The van der Waals surface area contributed by atoms with Crippen molar-refractivity contribution in [3.8, 4) is 0 Å². The maximum Gasteiger partial charge on any atom is 0.229 e. The lowest BCUT2D eigenvalue weighted by atomic mass is 10.1. The number of aryl methyl sites for hydroxylation is 1. The van der Waals surface area contributed by atoms with Gasteiger partial charge in [-0.3, -0.25) is 4.79 Å². The van der Waals surface area contributed by atoms with Crippen LogP contribution in [0.5, 0.6) is 0 Å². The Kier molecular flexibility index (Phi) is 2.84. The Hall–Kier alpha value is -2.13. The van der Waals surface area contributed by atoms with Gasteiger partial charge in [-0.1, -0.05) is 29.8 Å². The predicted octanol–water partition coefficient (Wildman–Crippen LogP) is 4.02. The first-order chi connectivity index (χ1) is 9.15. The number of carbonyl (C=O) groups excluding carboxylic acids is 1. The maximum atomic E-state index is 12.3. The van der Waals surface area contributed by atoms with Gasteiger partial charge < -0.3 is 4.42 Å². The van der Waals surface area contributed by atoms with E-state index in [0.717, 1.165) is 16.5 Å². The van der Waals surface area contributed by atoms with Gasteiger partial charge in [0.2, 0.25) is 5.78 Å². The van der Waals surface area contributed by atoms with Crippen molar-refractivity contribution in [2.24, 2.45) is 0 Å². The molecule has 19 heavy (non-hydrogen) atoms. The second-order valence-corrected chi connectivity index (χ2v) is 4.69. The molecule has 0 aliphatic carbocycles. The number of furan rings is 1. The van der Waals surface area contributed by atoms with Gasteiger partial charge in [0.15, 0.2) is 5.76 Å². The second-order valence-electron chi connectivity index (χ2n) is 4.30. The number of hydrogen-bond donors (Lipinski definition) is 0. The molecule has 0 bridgehead atoms. The van der Waals surface area contributed by atoms with Crippen molar-refractivity contribution in [1.29, 1.82) is 0 Å². The van der Waals surface area contributed by atoms with Crippen LogP contribution in [0.15, 0.2) is 47.0 Å². The van der Waals surface area contributed by atoms with Crippen LogP contribution in [0.4, 0.5) is 0 Å². The molecule has 94 valence electrons. The molecular formula is C15H10ClNO2. The molecule has 0 aliphatic rings. The number of hydrogen-bond acceptors (Lipinski definition) is 3. The van der Waals surface area contributed by atoms with Crippen molar-refractivity contribution in [3.05, 3.63) is 64.6 Å². The van der Waals surface area contributed by atoms with E-state index < -0.39 is 0 Å². The molecule has 3 nitrogen and oxygen atoms in total. The monoisotopic (exact) mass is 271 g/mol. The zero-order valence-electron chi connectivity index (χ0n) is 10.2. The van der Waals surface area contributed by atoms with E-state index in [2.05, 4.69) is 4.98 Å². The van der Waals surface area contributed by atoms with Gasteiger partial charge in [0.05, 0.1) is 0 Å². The van der Waals surface area contributed by atoms with Crippen LogP contribution in [-0.2, 0) is 0 Å². The van der Waals surface area contributed by atoms with E-state index in [1.165, 1.54) is 6.20 Å². The highest BCUT2D eigenvalue weighted by Crippen LogP contribution is 2.24. The lowest BCUT2D eigenvalue weighted by Gasteiger charge is -1.96. The number of halogens is 1. The number of carbonyl (C=O) groups is 1. The van der Waals surface area contributed by atoms with Crippen LogP contribution in [0.3, 0.4) is 0 Å². The van der Waals surface area contributed by atoms with Crippen LogP contribution in [0.2, 0.25) is 5.15 Å². The van der Waals surface area contributed by atoms with E-state index in [9.17, 15) is 4.79 Å². The van der Waals surface area contributed by atoms with Crippen molar-refractivity contribution in [2.45, 2.75) is 6.92 Å². The van der Waals surface area contributed by atoms with Crippen LogP contribution < -0.4 is 0 Å². The van der Waals surface area contributed by atoms with Gasteiger partial charge in [-0.05, 0) is 30.7 Å². The standard InChI is InChI=1S/C15H10ClNO2/c1-9-3-2-4-10-7-12(19-15(9)10)14(18)11-5-6-13(16)17-8-11/h2-8H,1H3. The molecule has 0 saturated heterocycles. The summed E-state index contributed by atoms with van der Waals surface area (Å²) >= 11 is 5.70. The summed E-state index contributed by atoms with van der Waals surface area (Å²) in [5.74, 6) is 0.119. The quantitative estimate of drug-likeness (QED) is 0.522. The van der Waals surface area contributed by atoms with Crippen LogP contribution in [0.25, 0.3) is 11.0 Å².